The minimum atomic E-state index is -3.14. The maximum Gasteiger partial charge on any atom is 0.211 e. The highest BCUT2D eigenvalue weighted by molar-refractivity contribution is 7.88. The lowest BCUT2D eigenvalue weighted by Crippen LogP contribution is -2.49. The number of hydrogen-bond acceptors (Lipinski definition) is 5. The summed E-state index contributed by atoms with van der Waals surface area (Å²) in [6.07, 6.45) is 4.40. The largest absolute Gasteiger partial charge is 0.354 e. The van der Waals surface area contributed by atoms with Crippen molar-refractivity contribution in [3.05, 3.63) is 52.5 Å². The van der Waals surface area contributed by atoms with Crippen molar-refractivity contribution in [2.24, 2.45) is 0 Å². The van der Waals surface area contributed by atoms with Gasteiger partial charge < -0.3 is 4.90 Å². The SMILES string of the molecule is Cc1cccc(Cc2c(C)nc(C3CC3)nc2N2CCN(S(C)(=O)=O)CC2)c1. The highest BCUT2D eigenvalue weighted by Crippen LogP contribution is 2.39. The van der Waals surface area contributed by atoms with E-state index < -0.39 is 10.0 Å². The zero-order valence-electron chi connectivity index (χ0n) is 16.9. The minimum Gasteiger partial charge on any atom is -0.354 e. The van der Waals surface area contributed by atoms with E-state index in [1.165, 1.54) is 17.4 Å². The topological polar surface area (TPSA) is 66.4 Å². The van der Waals surface area contributed by atoms with Crippen molar-refractivity contribution in [1.29, 1.82) is 0 Å². The van der Waals surface area contributed by atoms with Gasteiger partial charge in [0.25, 0.3) is 0 Å². The Morgan fingerprint density at radius 3 is 2.39 bits per heavy atom. The molecule has 2 heterocycles. The number of hydrogen-bond donors (Lipinski definition) is 0. The molecule has 1 saturated heterocycles. The highest BCUT2D eigenvalue weighted by Gasteiger charge is 2.31. The number of piperazine rings is 1. The van der Waals surface area contributed by atoms with Crippen molar-refractivity contribution in [3.63, 3.8) is 0 Å². The van der Waals surface area contributed by atoms with Crippen molar-refractivity contribution in [1.82, 2.24) is 14.3 Å². The smallest absolute Gasteiger partial charge is 0.211 e. The molecule has 0 spiro atoms. The molecule has 0 N–H and O–H groups in total. The molecule has 1 aliphatic heterocycles. The summed E-state index contributed by atoms with van der Waals surface area (Å²) in [4.78, 5) is 12.0. The van der Waals surface area contributed by atoms with Crippen LogP contribution in [0.15, 0.2) is 24.3 Å². The summed E-state index contributed by atoms with van der Waals surface area (Å²) in [5.41, 5.74) is 4.69. The van der Waals surface area contributed by atoms with E-state index in [0.717, 1.165) is 42.2 Å². The van der Waals surface area contributed by atoms with Gasteiger partial charge in [-0.05, 0) is 32.3 Å². The summed E-state index contributed by atoms with van der Waals surface area (Å²) >= 11 is 0. The number of aryl methyl sites for hydroxylation is 2. The van der Waals surface area contributed by atoms with E-state index in [9.17, 15) is 8.42 Å². The van der Waals surface area contributed by atoms with Crippen LogP contribution in [0.25, 0.3) is 0 Å². The molecule has 1 saturated carbocycles. The molecule has 1 aromatic carbocycles. The van der Waals surface area contributed by atoms with Crippen molar-refractivity contribution >= 4 is 15.8 Å². The van der Waals surface area contributed by atoms with Crippen LogP contribution in [0.4, 0.5) is 5.82 Å². The van der Waals surface area contributed by atoms with E-state index in [1.54, 1.807) is 4.31 Å². The summed E-state index contributed by atoms with van der Waals surface area (Å²) in [7, 11) is -3.14. The van der Waals surface area contributed by atoms with Crippen LogP contribution in [0.5, 0.6) is 0 Å². The number of sulfonamides is 1. The minimum absolute atomic E-state index is 0.489. The van der Waals surface area contributed by atoms with Crippen molar-refractivity contribution in [2.45, 2.75) is 39.0 Å². The lowest BCUT2D eigenvalue weighted by molar-refractivity contribution is 0.386. The quantitative estimate of drug-likeness (QED) is 0.772. The number of benzene rings is 1. The van der Waals surface area contributed by atoms with Crippen LogP contribution in [0.2, 0.25) is 0 Å². The fourth-order valence-electron chi connectivity index (χ4n) is 3.85. The normalized spacial score (nSPS) is 18.5. The van der Waals surface area contributed by atoms with Gasteiger partial charge in [0.05, 0.1) is 6.26 Å². The molecule has 1 aromatic heterocycles. The maximum atomic E-state index is 11.9. The first kappa shape index (κ1) is 19.3. The predicted molar refractivity (Wildman–Crippen MR) is 111 cm³/mol. The second-order valence-electron chi connectivity index (χ2n) is 8.06. The molecule has 0 bridgehead atoms. The lowest BCUT2D eigenvalue weighted by Gasteiger charge is -2.35. The first-order valence-electron chi connectivity index (χ1n) is 9.94. The molecule has 1 aliphatic carbocycles. The summed E-state index contributed by atoms with van der Waals surface area (Å²) in [5.74, 6) is 2.43. The van der Waals surface area contributed by atoms with Crippen LogP contribution in [0.3, 0.4) is 0 Å². The van der Waals surface area contributed by atoms with Crippen molar-refractivity contribution < 1.29 is 8.42 Å². The van der Waals surface area contributed by atoms with E-state index >= 15 is 0 Å². The zero-order valence-corrected chi connectivity index (χ0v) is 17.7. The molecular weight excluding hydrogens is 372 g/mol. The summed E-state index contributed by atoms with van der Waals surface area (Å²) in [6, 6.07) is 8.55. The third-order valence-electron chi connectivity index (χ3n) is 5.62. The predicted octanol–water partition coefficient (Wildman–Crippen LogP) is 2.64. The molecule has 28 heavy (non-hydrogen) atoms. The highest BCUT2D eigenvalue weighted by atomic mass is 32.2. The van der Waals surface area contributed by atoms with Gasteiger partial charge in [0.15, 0.2) is 0 Å². The Balaban J connectivity index is 1.66. The Morgan fingerprint density at radius 1 is 1.07 bits per heavy atom. The van der Waals surface area contributed by atoms with Crippen molar-refractivity contribution in [3.8, 4) is 0 Å². The molecule has 4 rings (SSSR count). The average molecular weight is 401 g/mol. The molecule has 6 nitrogen and oxygen atoms in total. The number of aromatic nitrogens is 2. The van der Waals surface area contributed by atoms with Crippen LogP contribution in [0.1, 0.15) is 47.0 Å². The molecule has 2 aliphatic rings. The van der Waals surface area contributed by atoms with Gasteiger partial charge in [0.1, 0.15) is 11.6 Å². The first-order chi connectivity index (χ1) is 13.3. The number of nitrogens with zero attached hydrogens (tertiary/aromatic N) is 4. The van der Waals surface area contributed by atoms with Gasteiger partial charge in [-0.3, -0.25) is 0 Å². The maximum absolute atomic E-state index is 11.9. The monoisotopic (exact) mass is 400 g/mol. The van der Waals surface area contributed by atoms with Gasteiger partial charge in [-0.2, -0.15) is 4.31 Å². The van der Waals surface area contributed by atoms with Gasteiger partial charge in [-0.1, -0.05) is 29.8 Å². The molecular formula is C21H28N4O2S. The van der Waals surface area contributed by atoms with Gasteiger partial charge >= 0.3 is 0 Å². The van der Waals surface area contributed by atoms with E-state index in [1.807, 2.05) is 0 Å². The first-order valence-corrected chi connectivity index (χ1v) is 11.8. The Hall–Kier alpha value is -1.99. The van der Waals surface area contributed by atoms with E-state index in [2.05, 4.69) is 43.0 Å². The molecule has 2 fully saturated rings. The Kier molecular flexibility index (Phi) is 5.14. The van der Waals surface area contributed by atoms with Gasteiger partial charge in [-0.15, -0.1) is 0 Å². The van der Waals surface area contributed by atoms with Crippen molar-refractivity contribution in [2.75, 3.05) is 37.3 Å². The van der Waals surface area contributed by atoms with Crippen LogP contribution >= 0.6 is 0 Å². The third kappa shape index (κ3) is 4.20. The van der Waals surface area contributed by atoms with Crippen LogP contribution in [0, 0.1) is 13.8 Å². The fraction of sp³-hybridized carbons (Fsp3) is 0.524. The molecule has 0 unspecified atom stereocenters. The second kappa shape index (κ2) is 7.44. The van der Waals surface area contributed by atoms with Gasteiger partial charge in [-0.25, -0.2) is 18.4 Å². The van der Waals surface area contributed by atoms with E-state index in [4.69, 9.17) is 9.97 Å². The van der Waals surface area contributed by atoms with Crippen LogP contribution in [-0.4, -0.2) is 55.1 Å². The fourth-order valence-corrected chi connectivity index (χ4v) is 4.68. The summed E-state index contributed by atoms with van der Waals surface area (Å²) in [6.45, 7) is 6.52. The number of rotatable bonds is 5. The van der Waals surface area contributed by atoms with Crippen LogP contribution < -0.4 is 4.90 Å². The Morgan fingerprint density at radius 2 is 1.79 bits per heavy atom. The summed E-state index contributed by atoms with van der Waals surface area (Å²) in [5, 5.41) is 0. The molecule has 150 valence electrons. The van der Waals surface area contributed by atoms with Gasteiger partial charge in [0.2, 0.25) is 10.0 Å². The van der Waals surface area contributed by atoms with Crippen LogP contribution in [-0.2, 0) is 16.4 Å². The average Bonchev–Trinajstić information content (AvgIpc) is 3.48. The third-order valence-corrected chi connectivity index (χ3v) is 6.93. The lowest BCUT2D eigenvalue weighted by atomic mass is 10.0. The molecule has 0 amide bonds. The molecule has 0 radical (unpaired) electrons. The Labute approximate surface area is 167 Å². The number of anilines is 1. The second-order valence-corrected chi connectivity index (χ2v) is 10.0. The standard InChI is InChI=1S/C21H28N4O2S/c1-15-5-4-6-17(13-15)14-19-16(2)22-20(18-7-8-18)23-21(19)24-9-11-25(12-10-24)28(3,26)27/h4-6,13,18H,7-12,14H2,1-3H3. The molecule has 7 heteroatoms. The molecule has 2 aromatic rings. The van der Waals surface area contributed by atoms with E-state index in [-0.39, 0.29) is 0 Å². The molecule has 0 atom stereocenters. The summed E-state index contributed by atoms with van der Waals surface area (Å²) < 4.78 is 25.3. The van der Waals surface area contributed by atoms with E-state index in [0.29, 0.717) is 32.1 Å². The zero-order chi connectivity index (χ0) is 19.9. The Bertz CT molecular complexity index is 978. The van der Waals surface area contributed by atoms with Gasteiger partial charge in [0, 0.05) is 49.8 Å².